The van der Waals surface area contributed by atoms with Gasteiger partial charge in [-0.05, 0) is 26.7 Å². The molecule has 0 spiro atoms. The van der Waals surface area contributed by atoms with Crippen LogP contribution in [-0.2, 0) is 6.42 Å². The third-order valence-corrected chi connectivity index (χ3v) is 3.30. The summed E-state index contributed by atoms with van der Waals surface area (Å²) in [7, 11) is 0. The van der Waals surface area contributed by atoms with Crippen molar-refractivity contribution in [1.29, 1.82) is 0 Å². The van der Waals surface area contributed by atoms with Crippen LogP contribution in [0.15, 0.2) is 5.51 Å². The van der Waals surface area contributed by atoms with Crippen LogP contribution in [0.25, 0.3) is 0 Å². The van der Waals surface area contributed by atoms with Gasteiger partial charge in [-0.2, -0.15) is 0 Å². The maximum atomic E-state index is 4.23. The first-order valence-corrected chi connectivity index (χ1v) is 5.74. The predicted molar refractivity (Wildman–Crippen MR) is 58.3 cm³/mol. The van der Waals surface area contributed by atoms with E-state index < -0.39 is 0 Å². The van der Waals surface area contributed by atoms with Gasteiger partial charge in [0.25, 0.3) is 0 Å². The fourth-order valence-electron chi connectivity index (χ4n) is 1.14. The molecule has 0 saturated heterocycles. The van der Waals surface area contributed by atoms with Crippen molar-refractivity contribution in [3.8, 4) is 0 Å². The molecule has 3 heteroatoms. The Labute approximate surface area is 84.4 Å². The fraction of sp³-hybridized carbons (Fsp3) is 0.700. The topological polar surface area (TPSA) is 24.9 Å². The average Bonchev–Trinajstić information content (AvgIpc) is 2.52. The molecule has 0 saturated carbocycles. The summed E-state index contributed by atoms with van der Waals surface area (Å²) in [5.74, 6) is 0. The van der Waals surface area contributed by atoms with Gasteiger partial charge in [0.15, 0.2) is 0 Å². The zero-order valence-corrected chi connectivity index (χ0v) is 9.45. The normalized spacial score (nSPS) is 13.2. The monoisotopic (exact) mass is 198 g/mol. The molecule has 1 atom stereocenters. The zero-order valence-electron chi connectivity index (χ0n) is 8.63. The molecule has 1 aromatic rings. The Morgan fingerprint density at radius 3 is 2.92 bits per heavy atom. The van der Waals surface area contributed by atoms with Crippen LogP contribution < -0.4 is 5.32 Å². The highest BCUT2D eigenvalue weighted by Gasteiger charge is 2.01. The maximum Gasteiger partial charge on any atom is 0.0797 e. The van der Waals surface area contributed by atoms with Gasteiger partial charge < -0.3 is 5.32 Å². The summed E-state index contributed by atoms with van der Waals surface area (Å²) in [4.78, 5) is 5.64. The lowest BCUT2D eigenvalue weighted by molar-refractivity contribution is 0.538. The molecule has 0 aliphatic heterocycles. The minimum Gasteiger partial charge on any atom is -0.314 e. The van der Waals surface area contributed by atoms with E-state index in [-0.39, 0.29) is 0 Å². The molecule has 0 aromatic carbocycles. The van der Waals surface area contributed by atoms with E-state index in [1.54, 1.807) is 11.3 Å². The van der Waals surface area contributed by atoms with Crippen molar-refractivity contribution in [2.75, 3.05) is 6.54 Å². The molecule has 1 unspecified atom stereocenters. The van der Waals surface area contributed by atoms with E-state index >= 15 is 0 Å². The van der Waals surface area contributed by atoms with Gasteiger partial charge in [0, 0.05) is 17.5 Å². The average molecular weight is 198 g/mol. The number of rotatable bonds is 5. The second-order valence-electron chi connectivity index (χ2n) is 3.37. The Bertz CT molecular complexity index is 245. The van der Waals surface area contributed by atoms with Gasteiger partial charge >= 0.3 is 0 Å². The maximum absolute atomic E-state index is 4.23. The summed E-state index contributed by atoms with van der Waals surface area (Å²) >= 11 is 1.76. The molecule has 2 nitrogen and oxygen atoms in total. The smallest absolute Gasteiger partial charge is 0.0797 e. The van der Waals surface area contributed by atoms with Crippen LogP contribution in [0.3, 0.4) is 0 Å². The second kappa shape index (κ2) is 5.35. The lowest BCUT2D eigenvalue weighted by Gasteiger charge is -2.10. The quantitative estimate of drug-likeness (QED) is 0.785. The molecule has 74 valence electrons. The van der Waals surface area contributed by atoms with Gasteiger partial charge in [0.2, 0.25) is 0 Å². The summed E-state index contributed by atoms with van der Waals surface area (Å²) in [5, 5.41) is 3.48. The van der Waals surface area contributed by atoms with Crippen molar-refractivity contribution in [3.63, 3.8) is 0 Å². The van der Waals surface area contributed by atoms with Gasteiger partial charge in [0.05, 0.1) is 11.2 Å². The molecule has 1 heterocycles. The molecule has 0 radical (unpaired) electrons. The summed E-state index contributed by atoms with van der Waals surface area (Å²) < 4.78 is 0. The Morgan fingerprint density at radius 1 is 1.62 bits per heavy atom. The van der Waals surface area contributed by atoms with Crippen LogP contribution in [-0.4, -0.2) is 17.6 Å². The molecule has 0 aliphatic carbocycles. The van der Waals surface area contributed by atoms with Gasteiger partial charge in [-0.3, -0.25) is 0 Å². The lowest BCUT2D eigenvalue weighted by Crippen LogP contribution is -2.27. The van der Waals surface area contributed by atoms with Gasteiger partial charge in [-0.25, -0.2) is 4.98 Å². The lowest BCUT2D eigenvalue weighted by atomic mass is 10.2. The standard InChI is InChI=1S/C10H18N2S/c1-4-8(2)11-6-5-10-9(3)12-7-13-10/h7-8,11H,4-6H2,1-3H3. The molecule has 1 N–H and O–H groups in total. The Kier molecular flexibility index (Phi) is 4.39. The number of aryl methyl sites for hydroxylation is 1. The van der Waals surface area contributed by atoms with Crippen LogP contribution in [0.5, 0.6) is 0 Å². The first-order chi connectivity index (χ1) is 6.24. The number of nitrogens with one attached hydrogen (secondary N) is 1. The van der Waals surface area contributed by atoms with Gasteiger partial charge in [-0.15, -0.1) is 11.3 Å². The highest BCUT2D eigenvalue weighted by atomic mass is 32.1. The van der Waals surface area contributed by atoms with Crippen molar-refractivity contribution in [2.24, 2.45) is 0 Å². The van der Waals surface area contributed by atoms with Crippen molar-refractivity contribution in [2.45, 2.75) is 39.7 Å². The minimum absolute atomic E-state index is 0.633. The van der Waals surface area contributed by atoms with Crippen LogP contribution in [0.2, 0.25) is 0 Å². The van der Waals surface area contributed by atoms with E-state index in [1.807, 2.05) is 5.51 Å². The largest absolute Gasteiger partial charge is 0.314 e. The summed E-state index contributed by atoms with van der Waals surface area (Å²) in [6.45, 7) is 7.57. The van der Waals surface area contributed by atoms with Gasteiger partial charge in [-0.1, -0.05) is 6.92 Å². The zero-order chi connectivity index (χ0) is 9.68. The van der Waals surface area contributed by atoms with E-state index in [2.05, 4.69) is 31.1 Å². The second-order valence-corrected chi connectivity index (χ2v) is 4.31. The minimum atomic E-state index is 0.633. The van der Waals surface area contributed by atoms with Crippen LogP contribution in [0.1, 0.15) is 30.8 Å². The molecular weight excluding hydrogens is 180 g/mol. The highest BCUT2D eigenvalue weighted by Crippen LogP contribution is 2.11. The Hall–Kier alpha value is -0.410. The number of hydrogen-bond acceptors (Lipinski definition) is 3. The highest BCUT2D eigenvalue weighted by molar-refractivity contribution is 7.09. The van der Waals surface area contributed by atoms with E-state index in [1.165, 1.54) is 17.0 Å². The number of aromatic nitrogens is 1. The van der Waals surface area contributed by atoms with Crippen LogP contribution in [0.4, 0.5) is 0 Å². The SMILES string of the molecule is CCC(C)NCCc1scnc1C. The van der Waals surface area contributed by atoms with E-state index in [4.69, 9.17) is 0 Å². The van der Waals surface area contributed by atoms with Gasteiger partial charge in [0.1, 0.15) is 0 Å². The summed E-state index contributed by atoms with van der Waals surface area (Å²) in [6, 6.07) is 0.633. The van der Waals surface area contributed by atoms with E-state index in [0.29, 0.717) is 6.04 Å². The molecule has 0 amide bonds. The number of hydrogen-bond donors (Lipinski definition) is 1. The molecular formula is C10H18N2S. The summed E-state index contributed by atoms with van der Waals surface area (Å²) in [5.41, 5.74) is 3.12. The third kappa shape index (κ3) is 3.44. The first kappa shape index (κ1) is 10.7. The Balaban J connectivity index is 2.24. The van der Waals surface area contributed by atoms with E-state index in [9.17, 15) is 0 Å². The Morgan fingerprint density at radius 2 is 2.38 bits per heavy atom. The van der Waals surface area contributed by atoms with Crippen molar-refractivity contribution in [3.05, 3.63) is 16.1 Å². The van der Waals surface area contributed by atoms with Crippen molar-refractivity contribution in [1.82, 2.24) is 10.3 Å². The first-order valence-electron chi connectivity index (χ1n) is 4.86. The van der Waals surface area contributed by atoms with Crippen molar-refractivity contribution < 1.29 is 0 Å². The molecule has 0 aliphatic rings. The van der Waals surface area contributed by atoms with Crippen molar-refractivity contribution >= 4 is 11.3 Å². The molecule has 0 fully saturated rings. The third-order valence-electron chi connectivity index (χ3n) is 2.30. The molecule has 0 bridgehead atoms. The summed E-state index contributed by atoms with van der Waals surface area (Å²) in [6.07, 6.45) is 2.31. The molecule has 1 rings (SSSR count). The number of thiazole rings is 1. The number of nitrogens with zero attached hydrogens (tertiary/aromatic N) is 1. The predicted octanol–water partition coefficient (Wildman–Crippen LogP) is 2.38. The fourth-order valence-corrected chi connectivity index (χ4v) is 1.92. The molecule has 13 heavy (non-hydrogen) atoms. The molecule has 1 aromatic heterocycles. The van der Waals surface area contributed by atoms with Crippen LogP contribution in [0, 0.1) is 6.92 Å². The van der Waals surface area contributed by atoms with Crippen LogP contribution >= 0.6 is 11.3 Å². The van der Waals surface area contributed by atoms with E-state index in [0.717, 1.165) is 13.0 Å².